The number of aryl methyl sites for hydroxylation is 1. The zero-order valence-electron chi connectivity index (χ0n) is 13.0. The summed E-state index contributed by atoms with van der Waals surface area (Å²) < 4.78 is 5.25. The summed E-state index contributed by atoms with van der Waals surface area (Å²) >= 11 is 0. The molecule has 0 heterocycles. The number of hydrogen-bond donors (Lipinski definition) is 0. The molecule has 0 amide bonds. The van der Waals surface area contributed by atoms with Crippen molar-refractivity contribution in [2.75, 3.05) is 13.7 Å². The normalized spacial score (nSPS) is 16.0. The second-order valence-electron chi connectivity index (χ2n) is 5.69. The third-order valence-corrected chi connectivity index (χ3v) is 4.16. The molecule has 1 aromatic carbocycles. The first-order valence-corrected chi connectivity index (χ1v) is 7.49. The Kier molecular flexibility index (Phi) is 5.31. The maximum absolute atomic E-state index is 11.9. The van der Waals surface area contributed by atoms with Crippen molar-refractivity contribution in [2.24, 2.45) is 0 Å². The van der Waals surface area contributed by atoms with Crippen LogP contribution in [0.3, 0.4) is 0 Å². The molecule has 5 heteroatoms. The van der Waals surface area contributed by atoms with Crippen LogP contribution in [0.25, 0.3) is 0 Å². The number of carbonyl (C=O) groups excluding carboxylic acids is 1. The fourth-order valence-electron chi connectivity index (χ4n) is 2.89. The lowest BCUT2D eigenvalue weighted by Gasteiger charge is -2.14. The van der Waals surface area contributed by atoms with Gasteiger partial charge in [0.1, 0.15) is 5.76 Å². The average molecular weight is 303 g/mol. The number of nitro groups is 1. The lowest BCUT2D eigenvalue weighted by Crippen LogP contribution is -2.13. The van der Waals surface area contributed by atoms with Crippen molar-refractivity contribution >= 4 is 5.78 Å². The Labute approximate surface area is 130 Å². The van der Waals surface area contributed by atoms with Crippen molar-refractivity contribution < 1.29 is 14.5 Å². The van der Waals surface area contributed by atoms with E-state index >= 15 is 0 Å². The van der Waals surface area contributed by atoms with E-state index in [9.17, 15) is 14.9 Å². The lowest BCUT2D eigenvalue weighted by atomic mass is 9.91. The van der Waals surface area contributed by atoms with Crippen molar-refractivity contribution in [2.45, 2.75) is 38.5 Å². The number of ether oxygens (including phenoxy) is 1. The van der Waals surface area contributed by atoms with Gasteiger partial charge in [-0.3, -0.25) is 14.9 Å². The van der Waals surface area contributed by atoms with Crippen LogP contribution in [0.2, 0.25) is 0 Å². The van der Waals surface area contributed by atoms with Gasteiger partial charge in [0.05, 0.1) is 7.11 Å². The molecule has 0 fully saturated rings. The van der Waals surface area contributed by atoms with Crippen LogP contribution in [0.4, 0.5) is 0 Å². The van der Waals surface area contributed by atoms with Crippen LogP contribution in [0.15, 0.2) is 35.6 Å². The maximum Gasteiger partial charge on any atom is 0.210 e. The first kappa shape index (κ1) is 16.2. The Morgan fingerprint density at radius 2 is 1.95 bits per heavy atom. The summed E-state index contributed by atoms with van der Waals surface area (Å²) in [7, 11) is 1.57. The third-order valence-electron chi connectivity index (χ3n) is 4.16. The first-order valence-electron chi connectivity index (χ1n) is 7.49. The second kappa shape index (κ2) is 7.20. The molecule has 2 rings (SSSR count). The molecule has 0 saturated heterocycles. The summed E-state index contributed by atoms with van der Waals surface area (Å²) in [5, 5.41) is 10.9. The van der Waals surface area contributed by atoms with Gasteiger partial charge in [0.15, 0.2) is 5.78 Å². The van der Waals surface area contributed by atoms with Crippen LogP contribution in [0.1, 0.15) is 42.7 Å². The SMILES string of the molecule is COC1=C(CCC(C[N+](=O)[O-])c2ccc(C)cc2)C(=O)CC1. The van der Waals surface area contributed by atoms with E-state index in [1.165, 1.54) is 0 Å². The molecule has 1 atom stereocenters. The maximum atomic E-state index is 11.9. The minimum absolute atomic E-state index is 0.112. The molecule has 22 heavy (non-hydrogen) atoms. The Balaban J connectivity index is 2.12. The minimum atomic E-state index is -0.285. The predicted molar refractivity (Wildman–Crippen MR) is 83.3 cm³/mol. The molecule has 0 N–H and O–H groups in total. The third kappa shape index (κ3) is 3.93. The van der Waals surface area contributed by atoms with Gasteiger partial charge in [0.25, 0.3) is 0 Å². The smallest absolute Gasteiger partial charge is 0.210 e. The Bertz CT molecular complexity index is 589. The number of Topliss-reactive ketones (excluding diaryl/α,β-unsaturated/α-hetero) is 1. The second-order valence-corrected chi connectivity index (χ2v) is 5.69. The molecule has 118 valence electrons. The molecule has 0 saturated carbocycles. The molecular formula is C17H21NO4. The van der Waals surface area contributed by atoms with Crippen LogP contribution in [-0.4, -0.2) is 24.4 Å². The molecule has 0 radical (unpaired) electrons. The molecule has 1 unspecified atom stereocenters. The molecule has 0 aromatic heterocycles. The van der Waals surface area contributed by atoms with Crippen molar-refractivity contribution in [1.82, 2.24) is 0 Å². The van der Waals surface area contributed by atoms with Gasteiger partial charge in [-0.15, -0.1) is 0 Å². The topological polar surface area (TPSA) is 69.4 Å². The number of allylic oxidation sites excluding steroid dienone is 2. The summed E-state index contributed by atoms with van der Waals surface area (Å²) in [5.41, 5.74) is 2.79. The fourth-order valence-corrected chi connectivity index (χ4v) is 2.89. The van der Waals surface area contributed by atoms with E-state index in [-0.39, 0.29) is 23.2 Å². The highest BCUT2D eigenvalue weighted by molar-refractivity contribution is 5.98. The highest BCUT2D eigenvalue weighted by atomic mass is 16.6. The van der Waals surface area contributed by atoms with Gasteiger partial charge < -0.3 is 4.74 Å². The number of hydrogen-bond acceptors (Lipinski definition) is 4. The first-order chi connectivity index (χ1) is 10.5. The van der Waals surface area contributed by atoms with Gasteiger partial charge in [-0.2, -0.15) is 0 Å². The van der Waals surface area contributed by atoms with Gasteiger partial charge in [-0.25, -0.2) is 0 Å². The quantitative estimate of drug-likeness (QED) is 0.572. The Hall–Kier alpha value is -2.17. The van der Waals surface area contributed by atoms with E-state index in [0.29, 0.717) is 31.3 Å². The van der Waals surface area contributed by atoms with Gasteiger partial charge in [-0.1, -0.05) is 29.8 Å². The van der Waals surface area contributed by atoms with Gasteiger partial charge in [0.2, 0.25) is 6.54 Å². The van der Waals surface area contributed by atoms with E-state index in [1.807, 2.05) is 31.2 Å². The van der Waals surface area contributed by atoms with Crippen molar-refractivity contribution in [3.8, 4) is 0 Å². The molecule has 0 spiro atoms. The number of rotatable bonds is 7. The monoisotopic (exact) mass is 303 g/mol. The summed E-state index contributed by atoms with van der Waals surface area (Å²) in [6, 6.07) is 7.79. The summed E-state index contributed by atoms with van der Waals surface area (Å²) in [4.78, 5) is 22.5. The van der Waals surface area contributed by atoms with E-state index < -0.39 is 0 Å². The van der Waals surface area contributed by atoms with E-state index in [4.69, 9.17) is 4.74 Å². The Morgan fingerprint density at radius 1 is 1.27 bits per heavy atom. The van der Waals surface area contributed by atoms with E-state index in [0.717, 1.165) is 16.9 Å². The zero-order valence-corrected chi connectivity index (χ0v) is 13.0. The molecule has 5 nitrogen and oxygen atoms in total. The van der Waals surface area contributed by atoms with Crippen LogP contribution in [0.5, 0.6) is 0 Å². The van der Waals surface area contributed by atoms with Crippen molar-refractivity contribution in [1.29, 1.82) is 0 Å². The van der Waals surface area contributed by atoms with Crippen LogP contribution >= 0.6 is 0 Å². The fraction of sp³-hybridized carbons (Fsp3) is 0.471. The molecule has 0 aliphatic heterocycles. The number of ketones is 1. The number of nitrogens with zero attached hydrogens (tertiary/aromatic N) is 1. The highest BCUT2D eigenvalue weighted by Crippen LogP contribution is 2.31. The van der Waals surface area contributed by atoms with Gasteiger partial charge in [-0.05, 0) is 25.3 Å². The Morgan fingerprint density at radius 3 is 2.55 bits per heavy atom. The number of benzene rings is 1. The van der Waals surface area contributed by atoms with Crippen molar-refractivity contribution in [3.63, 3.8) is 0 Å². The molecule has 0 bridgehead atoms. The molecule has 1 aromatic rings. The number of methoxy groups -OCH3 is 1. The summed E-state index contributed by atoms with van der Waals surface area (Å²) in [6.45, 7) is 1.87. The van der Waals surface area contributed by atoms with Crippen LogP contribution in [-0.2, 0) is 9.53 Å². The standard InChI is InChI=1S/C17H21NO4/c1-12-3-5-13(6-4-12)14(11-18(20)21)7-8-15-16(19)9-10-17(15)22-2/h3-6,14H,7-11H2,1-2H3. The van der Waals surface area contributed by atoms with Gasteiger partial charge >= 0.3 is 0 Å². The minimum Gasteiger partial charge on any atom is -0.501 e. The van der Waals surface area contributed by atoms with E-state index in [1.54, 1.807) is 7.11 Å². The van der Waals surface area contributed by atoms with Crippen LogP contribution in [0, 0.1) is 17.0 Å². The molecule has 1 aliphatic rings. The van der Waals surface area contributed by atoms with E-state index in [2.05, 4.69) is 0 Å². The van der Waals surface area contributed by atoms with Gasteiger partial charge in [0, 0.05) is 29.3 Å². The molecule has 1 aliphatic carbocycles. The van der Waals surface area contributed by atoms with Crippen molar-refractivity contribution in [3.05, 3.63) is 56.8 Å². The summed E-state index contributed by atoms with van der Waals surface area (Å²) in [6.07, 6.45) is 2.25. The predicted octanol–water partition coefficient (Wildman–Crippen LogP) is 3.40. The largest absolute Gasteiger partial charge is 0.501 e. The number of carbonyl (C=O) groups is 1. The van der Waals surface area contributed by atoms with Crippen LogP contribution < -0.4 is 0 Å². The summed E-state index contributed by atoms with van der Waals surface area (Å²) in [5.74, 6) is 0.670. The highest BCUT2D eigenvalue weighted by Gasteiger charge is 2.26. The molecular weight excluding hydrogens is 282 g/mol. The lowest BCUT2D eigenvalue weighted by molar-refractivity contribution is -0.483. The zero-order chi connectivity index (χ0) is 16.1. The average Bonchev–Trinajstić information content (AvgIpc) is 2.84.